The third kappa shape index (κ3) is 2.97. The SMILES string of the molecule is COc1cc(CN2[C@H](C)CC(O)C[C@H]2C)sn1. The van der Waals surface area contributed by atoms with Gasteiger partial charge in [-0.1, -0.05) is 0 Å². The van der Waals surface area contributed by atoms with Gasteiger partial charge in [0.05, 0.1) is 13.2 Å². The zero-order chi connectivity index (χ0) is 12.4. The fourth-order valence-electron chi connectivity index (χ4n) is 2.55. The summed E-state index contributed by atoms with van der Waals surface area (Å²) in [6.45, 7) is 5.25. The van der Waals surface area contributed by atoms with E-state index >= 15 is 0 Å². The number of hydrogen-bond acceptors (Lipinski definition) is 5. The summed E-state index contributed by atoms with van der Waals surface area (Å²) in [6.07, 6.45) is 1.58. The third-order valence-corrected chi connectivity index (χ3v) is 4.20. The summed E-state index contributed by atoms with van der Waals surface area (Å²) < 4.78 is 9.30. The van der Waals surface area contributed by atoms with Gasteiger partial charge in [-0.25, -0.2) is 0 Å². The average Bonchev–Trinajstić information content (AvgIpc) is 2.71. The highest BCUT2D eigenvalue weighted by atomic mass is 32.1. The van der Waals surface area contributed by atoms with E-state index in [4.69, 9.17) is 4.74 Å². The summed E-state index contributed by atoms with van der Waals surface area (Å²) in [5.41, 5.74) is 0. The van der Waals surface area contributed by atoms with E-state index in [9.17, 15) is 5.11 Å². The van der Waals surface area contributed by atoms with E-state index in [1.807, 2.05) is 6.07 Å². The predicted octanol–water partition coefficient (Wildman–Crippen LogP) is 1.89. The number of ether oxygens (including phenoxy) is 1. The monoisotopic (exact) mass is 256 g/mol. The minimum atomic E-state index is -0.146. The second-order valence-electron chi connectivity index (χ2n) is 4.83. The van der Waals surface area contributed by atoms with E-state index in [-0.39, 0.29) is 6.10 Å². The van der Waals surface area contributed by atoms with Crippen molar-refractivity contribution in [1.29, 1.82) is 0 Å². The molecule has 0 amide bonds. The van der Waals surface area contributed by atoms with Gasteiger partial charge in [-0.3, -0.25) is 4.90 Å². The first kappa shape index (κ1) is 12.8. The van der Waals surface area contributed by atoms with Crippen molar-refractivity contribution in [2.24, 2.45) is 0 Å². The van der Waals surface area contributed by atoms with Gasteiger partial charge in [0.15, 0.2) is 0 Å². The zero-order valence-electron chi connectivity index (χ0n) is 10.6. The summed E-state index contributed by atoms with van der Waals surface area (Å²) in [5, 5.41) is 9.72. The highest BCUT2D eigenvalue weighted by molar-refractivity contribution is 7.05. The molecule has 0 radical (unpaired) electrons. The van der Waals surface area contributed by atoms with Gasteiger partial charge >= 0.3 is 0 Å². The molecule has 4 nitrogen and oxygen atoms in total. The molecule has 0 bridgehead atoms. The molecular formula is C12H20N2O2S. The fourth-order valence-corrected chi connectivity index (χ4v) is 3.24. The van der Waals surface area contributed by atoms with Crippen molar-refractivity contribution in [2.75, 3.05) is 7.11 Å². The van der Waals surface area contributed by atoms with Gasteiger partial charge in [0.1, 0.15) is 0 Å². The Balaban J connectivity index is 2.01. The van der Waals surface area contributed by atoms with Crippen LogP contribution >= 0.6 is 11.5 Å². The average molecular weight is 256 g/mol. The van der Waals surface area contributed by atoms with Crippen LogP contribution in [0, 0.1) is 0 Å². The third-order valence-electron chi connectivity index (χ3n) is 3.44. The van der Waals surface area contributed by atoms with Gasteiger partial charge in [0, 0.05) is 29.6 Å². The summed E-state index contributed by atoms with van der Waals surface area (Å²) in [5.74, 6) is 0.697. The van der Waals surface area contributed by atoms with E-state index in [1.54, 1.807) is 7.11 Å². The van der Waals surface area contributed by atoms with E-state index in [1.165, 1.54) is 16.4 Å². The Morgan fingerprint density at radius 2 is 2.12 bits per heavy atom. The van der Waals surface area contributed by atoms with E-state index in [0.29, 0.717) is 18.0 Å². The molecule has 0 unspecified atom stereocenters. The molecule has 1 fully saturated rings. The van der Waals surface area contributed by atoms with Crippen molar-refractivity contribution in [3.8, 4) is 5.88 Å². The van der Waals surface area contributed by atoms with Crippen LogP contribution < -0.4 is 4.74 Å². The number of nitrogens with zero attached hydrogens (tertiary/aromatic N) is 2. The first-order valence-corrected chi connectivity index (χ1v) is 6.81. The van der Waals surface area contributed by atoms with Crippen LogP contribution in [-0.2, 0) is 6.54 Å². The molecular weight excluding hydrogens is 236 g/mol. The molecule has 2 atom stereocenters. The Labute approximate surface area is 106 Å². The number of likely N-dealkylation sites (tertiary alicyclic amines) is 1. The molecule has 1 N–H and O–H groups in total. The lowest BCUT2D eigenvalue weighted by Gasteiger charge is -2.40. The largest absolute Gasteiger partial charge is 0.480 e. The molecule has 1 aliphatic rings. The molecule has 1 aliphatic heterocycles. The highest BCUT2D eigenvalue weighted by Crippen LogP contribution is 2.27. The van der Waals surface area contributed by atoms with Crippen molar-refractivity contribution in [3.63, 3.8) is 0 Å². The molecule has 1 saturated heterocycles. The van der Waals surface area contributed by atoms with Crippen LogP contribution in [0.4, 0.5) is 0 Å². The van der Waals surface area contributed by atoms with Crippen LogP contribution in [0.15, 0.2) is 6.07 Å². The number of aliphatic hydroxyl groups excluding tert-OH is 1. The first-order chi connectivity index (χ1) is 8.10. The molecule has 0 aliphatic carbocycles. The van der Waals surface area contributed by atoms with Gasteiger partial charge in [-0.15, -0.1) is 0 Å². The fraction of sp³-hybridized carbons (Fsp3) is 0.750. The van der Waals surface area contributed by atoms with Gasteiger partial charge < -0.3 is 9.84 Å². The lowest BCUT2D eigenvalue weighted by molar-refractivity contribution is 0.00917. The second kappa shape index (κ2) is 5.33. The molecule has 96 valence electrons. The smallest absolute Gasteiger partial charge is 0.225 e. The molecule has 0 saturated carbocycles. The minimum absolute atomic E-state index is 0.146. The van der Waals surface area contributed by atoms with Gasteiger partial charge in [-0.2, -0.15) is 4.37 Å². The maximum Gasteiger partial charge on any atom is 0.225 e. The first-order valence-electron chi connectivity index (χ1n) is 6.03. The quantitative estimate of drug-likeness (QED) is 0.897. The molecule has 0 spiro atoms. The summed E-state index contributed by atoms with van der Waals surface area (Å²) in [7, 11) is 1.64. The van der Waals surface area contributed by atoms with Crippen molar-refractivity contribution in [3.05, 3.63) is 10.9 Å². The van der Waals surface area contributed by atoms with E-state index in [0.717, 1.165) is 19.4 Å². The van der Waals surface area contributed by atoms with Crippen LogP contribution in [0.1, 0.15) is 31.6 Å². The van der Waals surface area contributed by atoms with Crippen LogP contribution in [0.25, 0.3) is 0 Å². The summed E-state index contributed by atoms with van der Waals surface area (Å²) in [6, 6.07) is 2.83. The number of hydrogen-bond donors (Lipinski definition) is 1. The number of piperidine rings is 1. The second-order valence-corrected chi connectivity index (χ2v) is 5.72. The lowest BCUT2D eigenvalue weighted by Crippen LogP contribution is -2.47. The molecule has 17 heavy (non-hydrogen) atoms. The Hall–Kier alpha value is -0.650. The van der Waals surface area contributed by atoms with Crippen molar-refractivity contribution in [1.82, 2.24) is 9.27 Å². The van der Waals surface area contributed by atoms with Crippen molar-refractivity contribution in [2.45, 2.75) is 51.4 Å². The summed E-state index contributed by atoms with van der Waals surface area (Å²) in [4.78, 5) is 3.65. The number of aliphatic hydroxyl groups is 1. The number of rotatable bonds is 3. The van der Waals surface area contributed by atoms with Gasteiger partial charge in [0.2, 0.25) is 5.88 Å². The topological polar surface area (TPSA) is 45.6 Å². The standard InChI is InChI=1S/C12H20N2O2S/c1-8-4-10(15)5-9(2)14(8)7-11-6-12(16-3)13-17-11/h6,8-10,15H,4-5,7H2,1-3H3/t8-,9-/m1/s1. The number of methoxy groups -OCH3 is 1. The Bertz CT molecular complexity index is 357. The zero-order valence-corrected chi connectivity index (χ0v) is 11.4. The minimum Gasteiger partial charge on any atom is -0.480 e. The van der Waals surface area contributed by atoms with Crippen LogP contribution in [0.3, 0.4) is 0 Å². The molecule has 5 heteroatoms. The Morgan fingerprint density at radius 1 is 1.47 bits per heavy atom. The maximum absolute atomic E-state index is 9.72. The van der Waals surface area contributed by atoms with E-state index in [2.05, 4.69) is 23.1 Å². The van der Waals surface area contributed by atoms with Gasteiger partial charge in [-0.05, 0) is 38.2 Å². The molecule has 2 heterocycles. The maximum atomic E-state index is 9.72. The molecule has 1 aromatic rings. The van der Waals surface area contributed by atoms with Crippen LogP contribution in [0.2, 0.25) is 0 Å². The van der Waals surface area contributed by atoms with Gasteiger partial charge in [0.25, 0.3) is 0 Å². The summed E-state index contributed by atoms with van der Waals surface area (Å²) >= 11 is 1.49. The predicted molar refractivity (Wildman–Crippen MR) is 68.4 cm³/mol. The van der Waals surface area contributed by atoms with Crippen LogP contribution in [-0.4, -0.2) is 39.7 Å². The lowest BCUT2D eigenvalue weighted by atomic mass is 9.95. The molecule has 1 aromatic heterocycles. The highest BCUT2D eigenvalue weighted by Gasteiger charge is 2.30. The molecule has 2 rings (SSSR count). The van der Waals surface area contributed by atoms with Crippen molar-refractivity contribution >= 4 is 11.5 Å². The number of aromatic nitrogens is 1. The normalized spacial score (nSPS) is 30.5. The van der Waals surface area contributed by atoms with E-state index < -0.39 is 0 Å². The van der Waals surface area contributed by atoms with Crippen LogP contribution in [0.5, 0.6) is 5.88 Å². The Kier molecular flexibility index (Phi) is 4.01. The Morgan fingerprint density at radius 3 is 2.65 bits per heavy atom. The molecule has 0 aromatic carbocycles. The van der Waals surface area contributed by atoms with Crippen molar-refractivity contribution < 1.29 is 9.84 Å².